The van der Waals surface area contributed by atoms with E-state index in [0.29, 0.717) is 12.2 Å². The van der Waals surface area contributed by atoms with Crippen LogP contribution in [0, 0.1) is 0 Å². The zero-order valence-corrected chi connectivity index (χ0v) is 24.1. The lowest BCUT2D eigenvalue weighted by atomic mass is 10.0. The summed E-state index contributed by atoms with van der Waals surface area (Å²) in [5, 5.41) is 0. The predicted molar refractivity (Wildman–Crippen MR) is 158 cm³/mol. The molecule has 0 aliphatic carbocycles. The zero-order chi connectivity index (χ0) is 25.8. The van der Waals surface area contributed by atoms with Gasteiger partial charge in [0.05, 0.1) is 12.2 Å². The number of rotatable bonds is 27. The first-order valence-corrected chi connectivity index (χ1v) is 16.1. The van der Waals surface area contributed by atoms with Gasteiger partial charge in [0.2, 0.25) is 0 Å². The van der Waals surface area contributed by atoms with E-state index < -0.39 is 0 Å². The summed E-state index contributed by atoms with van der Waals surface area (Å²) in [6.45, 7) is 2.85. The minimum Gasteiger partial charge on any atom is -0.462 e. The van der Waals surface area contributed by atoms with Crippen LogP contribution < -0.4 is 0 Å². The van der Waals surface area contributed by atoms with Gasteiger partial charge in [-0.05, 0) is 18.6 Å². The molecule has 0 aliphatic heterocycles. The Balaban J connectivity index is 1.67. The molecule has 1 rings (SSSR count). The third-order valence-electron chi connectivity index (χ3n) is 7.49. The smallest absolute Gasteiger partial charge is 0.338 e. The Labute approximate surface area is 225 Å². The highest BCUT2D eigenvalue weighted by molar-refractivity contribution is 5.89. The molecule has 36 heavy (non-hydrogen) atoms. The number of hydrogen-bond donors (Lipinski definition) is 0. The summed E-state index contributed by atoms with van der Waals surface area (Å²) in [6.07, 6.45) is 35.1. The normalized spacial score (nSPS) is 11.1. The molecule has 2 heteroatoms. The summed E-state index contributed by atoms with van der Waals surface area (Å²) >= 11 is 0. The van der Waals surface area contributed by atoms with E-state index >= 15 is 0 Å². The van der Waals surface area contributed by atoms with Gasteiger partial charge in [-0.1, -0.05) is 179 Å². The van der Waals surface area contributed by atoms with Crippen molar-refractivity contribution in [2.24, 2.45) is 0 Å². The van der Waals surface area contributed by atoms with E-state index in [2.05, 4.69) is 6.92 Å². The van der Waals surface area contributed by atoms with Gasteiger partial charge in [-0.2, -0.15) is 0 Å². The zero-order valence-electron chi connectivity index (χ0n) is 24.1. The van der Waals surface area contributed by atoms with E-state index in [1.54, 1.807) is 0 Å². The number of carbonyl (C=O) groups is 1. The van der Waals surface area contributed by atoms with Crippen molar-refractivity contribution in [1.29, 1.82) is 0 Å². The molecular weight excluding hydrogens is 440 g/mol. The Morgan fingerprint density at radius 3 is 1.11 bits per heavy atom. The van der Waals surface area contributed by atoms with Crippen LogP contribution in [-0.2, 0) is 4.74 Å². The molecule has 0 unspecified atom stereocenters. The Kier molecular flexibility index (Phi) is 24.3. The maximum absolute atomic E-state index is 11.9. The second-order valence-electron chi connectivity index (χ2n) is 11.0. The maximum atomic E-state index is 11.9. The summed E-state index contributed by atoms with van der Waals surface area (Å²) in [7, 11) is 0. The van der Waals surface area contributed by atoms with Gasteiger partial charge in [0, 0.05) is 0 Å². The average Bonchev–Trinajstić information content (AvgIpc) is 2.91. The molecule has 208 valence electrons. The van der Waals surface area contributed by atoms with Gasteiger partial charge >= 0.3 is 5.97 Å². The van der Waals surface area contributed by atoms with Crippen LogP contribution in [0.25, 0.3) is 0 Å². The third kappa shape index (κ3) is 21.9. The summed E-state index contributed by atoms with van der Waals surface area (Å²) in [5.74, 6) is -0.194. The van der Waals surface area contributed by atoms with E-state index in [1.165, 1.54) is 154 Å². The molecule has 0 fully saturated rings. The minimum absolute atomic E-state index is 0.194. The molecule has 1 aromatic carbocycles. The first-order valence-electron chi connectivity index (χ1n) is 16.1. The minimum atomic E-state index is -0.194. The molecule has 0 saturated heterocycles. The fourth-order valence-electron chi connectivity index (χ4n) is 5.06. The van der Waals surface area contributed by atoms with Crippen LogP contribution >= 0.6 is 0 Å². The van der Waals surface area contributed by atoms with E-state index in [-0.39, 0.29) is 5.97 Å². The Hall–Kier alpha value is -1.31. The largest absolute Gasteiger partial charge is 0.462 e. The summed E-state index contributed by atoms with van der Waals surface area (Å²) in [6, 6.07) is 9.28. The molecule has 0 saturated carbocycles. The van der Waals surface area contributed by atoms with E-state index in [0.717, 1.165) is 6.42 Å². The molecule has 0 atom stereocenters. The molecule has 2 nitrogen and oxygen atoms in total. The lowest BCUT2D eigenvalue weighted by Crippen LogP contribution is -2.06. The van der Waals surface area contributed by atoms with Crippen LogP contribution in [0.4, 0.5) is 0 Å². The first kappa shape index (κ1) is 32.7. The quantitative estimate of drug-likeness (QED) is 0.0886. The van der Waals surface area contributed by atoms with Crippen LogP contribution in [0.5, 0.6) is 0 Å². The number of benzene rings is 1. The maximum Gasteiger partial charge on any atom is 0.338 e. The summed E-state index contributed by atoms with van der Waals surface area (Å²) < 4.78 is 5.34. The Morgan fingerprint density at radius 1 is 0.472 bits per heavy atom. The average molecular weight is 501 g/mol. The Bertz CT molecular complexity index is 568. The second kappa shape index (κ2) is 26.7. The Morgan fingerprint density at radius 2 is 0.778 bits per heavy atom. The number of esters is 1. The highest BCUT2D eigenvalue weighted by Crippen LogP contribution is 2.16. The third-order valence-corrected chi connectivity index (χ3v) is 7.49. The van der Waals surface area contributed by atoms with Crippen molar-refractivity contribution >= 4 is 5.97 Å². The van der Waals surface area contributed by atoms with Crippen molar-refractivity contribution in [2.45, 2.75) is 167 Å². The van der Waals surface area contributed by atoms with Gasteiger partial charge in [0.15, 0.2) is 0 Å². The summed E-state index contributed by atoms with van der Waals surface area (Å²) in [5.41, 5.74) is 0.650. The molecule has 0 radical (unpaired) electrons. The highest BCUT2D eigenvalue weighted by Gasteiger charge is 2.04. The van der Waals surface area contributed by atoms with Crippen LogP contribution in [0.2, 0.25) is 0 Å². The van der Waals surface area contributed by atoms with Crippen LogP contribution in [-0.4, -0.2) is 12.6 Å². The number of carbonyl (C=O) groups excluding carboxylic acids is 1. The fraction of sp³-hybridized carbons (Fsp3) is 0.794. The topological polar surface area (TPSA) is 26.3 Å². The first-order chi connectivity index (χ1) is 17.8. The molecule has 0 aliphatic rings. The van der Waals surface area contributed by atoms with Crippen LogP contribution in [0.15, 0.2) is 30.3 Å². The molecule has 0 aromatic heterocycles. The van der Waals surface area contributed by atoms with Gasteiger partial charge in [-0.3, -0.25) is 0 Å². The van der Waals surface area contributed by atoms with Crippen molar-refractivity contribution in [3.63, 3.8) is 0 Å². The van der Waals surface area contributed by atoms with Crippen molar-refractivity contribution < 1.29 is 9.53 Å². The molecule has 0 N–H and O–H groups in total. The fourth-order valence-corrected chi connectivity index (χ4v) is 5.06. The number of unbranched alkanes of at least 4 members (excludes halogenated alkanes) is 24. The molecule has 0 bridgehead atoms. The molecule has 1 aromatic rings. The van der Waals surface area contributed by atoms with Crippen molar-refractivity contribution in [3.8, 4) is 0 Å². The number of hydrogen-bond acceptors (Lipinski definition) is 2. The highest BCUT2D eigenvalue weighted by atomic mass is 16.5. The molecular formula is C34H60O2. The van der Waals surface area contributed by atoms with E-state index in [4.69, 9.17) is 4.74 Å². The van der Waals surface area contributed by atoms with E-state index in [1.807, 2.05) is 30.3 Å². The van der Waals surface area contributed by atoms with Gasteiger partial charge in [0.25, 0.3) is 0 Å². The SMILES string of the molecule is CCCCCCCCCCCCCCCCCCCCCCCCCCCOC(=O)c1ccccc1. The second-order valence-corrected chi connectivity index (χ2v) is 11.0. The predicted octanol–water partition coefficient (Wildman–Crippen LogP) is 11.6. The lowest BCUT2D eigenvalue weighted by Gasteiger charge is -2.05. The van der Waals surface area contributed by atoms with Crippen molar-refractivity contribution in [1.82, 2.24) is 0 Å². The van der Waals surface area contributed by atoms with Gasteiger partial charge < -0.3 is 4.74 Å². The van der Waals surface area contributed by atoms with Crippen LogP contribution in [0.1, 0.15) is 178 Å². The molecule has 0 amide bonds. The van der Waals surface area contributed by atoms with Gasteiger partial charge in [-0.25, -0.2) is 4.79 Å². The standard InChI is InChI=1S/C34H60O2/c1-2-3-4-5-6-7-8-9-10-11-12-13-14-15-16-17-18-19-20-21-22-23-24-25-29-32-36-34(35)33-30-27-26-28-31-33/h26-28,30-31H,2-25,29,32H2,1H3. The number of ether oxygens (including phenoxy) is 1. The van der Waals surface area contributed by atoms with Gasteiger partial charge in [0.1, 0.15) is 0 Å². The van der Waals surface area contributed by atoms with Gasteiger partial charge in [-0.15, -0.1) is 0 Å². The molecule has 0 spiro atoms. The van der Waals surface area contributed by atoms with Crippen molar-refractivity contribution in [3.05, 3.63) is 35.9 Å². The summed E-state index contributed by atoms with van der Waals surface area (Å²) in [4.78, 5) is 11.9. The van der Waals surface area contributed by atoms with Crippen molar-refractivity contribution in [2.75, 3.05) is 6.61 Å². The monoisotopic (exact) mass is 500 g/mol. The lowest BCUT2D eigenvalue weighted by molar-refractivity contribution is 0.0497. The van der Waals surface area contributed by atoms with E-state index in [9.17, 15) is 4.79 Å². The van der Waals surface area contributed by atoms with Crippen LogP contribution in [0.3, 0.4) is 0 Å². The molecule has 0 heterocycles.